The second-order valence-corrected chi connectivity index (χ2v) is 5.69. The van der Waals surface area contributed by atoms with E-state index in [4.69, 9.17) is 9.84 Å². The van der Waals surface area contributed by atoms with E-state index < -0.39 is 0 Å². The van der Waals surface area contributed by atoms with Gasteiger partial charge in [0.15, 0.2) is 0 Å². The van der Waals surface area contributed by atoms with Gasteiger partial charge in [-0.15, -0.1) is 0 Å². The summed E-state index contributed by atoms with van der Waals surface area (Å²) in [5, 5.41) is 9.07. The first kappa shape index (κ1) is 12.7. The van der Waals surface area contributed by atoms with E-state index in [-0.39, 0.29) is 6.61 Å². The van der Waals surface area contributed by atoms with Gasteiger partial charge in [-0.25, -0.2) is 0 Å². The van der Waals surface area contributed by atoms with E-state index in [0.29, 0.717) is 12.5 Å². The van der Waals surface area contributed by atoms with Gasteiger partial charge in [0.1, 0.15) is 5.75 Å². The largest absolute Gasteiger partial charge is 0.492 e. The van der Waals surface area contributed by atoms with Crippen molar-refractivity contribution in [2.24, 2.45) is 0 Å². The fraction of sp³-hybridized carbons (Fsp3) is 0.250. The molecular formula is C16H15BrO2. The second kappa shape index (κ2) is 5.35. The van der Waals surface area contributed by atoms with Gasteiger partial charge in [-0.1, -0.05) is 30.3 Å². The predicted molar refractivity (Wildman–Crippen MR) is 78.4 cm³/mol. The van der Waals surface area contributed by atoms with Crippen molar-refractivity contribution in [2.75, 3.05) is 6.61 Å². The van der Waals surface area contributed by atoms with E-state index in [1.54, 1.807) is 0 Å². The first-order chi connectivity index (χ1) is 9.28. The second-order valence-electron chi connectivity index (χ2n) is 4.83. The average molecular weight is 319 g/mol. The van der Waals surface area contributed by atoms with Crippen molar-refractivity contribution < 1.29 is 9.84 Å². The molecule has 1 atom stereocenters. The smallest absolute Gasteiger partial charge is 0.133 e. The van der Waals surface area contributed by atoms with Crippen LogP contribution in [0.3, 0.4) is 0 Å². The Morgan fingerprint density at radius 3 is 2.79 bits per heavy atom. The molecule has 1 N–H and O–H groups in total. The van der Waals surface area contributed by atoms with E-state index in [9.17, 15) is 0 Å². The molecule has 1 unspecified atom stereocenters. The quantitative estimate of drug-likeness (QED) is 0.932. The van der Waals surface area contributed by atoms with Crippen molar-refractivity contribution in [2.45, 2.75) is 18.9 Å². The van der Waals surface area contributed by atoms with Crippen molar-refractivity contribution in [1.82, 2.24) is 0 Å². The van der Waals surface area contributed by atoms with Crippen LogP contribution in [-0.2, 0) is 13.0 Å². The molecule has 0 aliphatic heterocycles. The van der Waals surface area contributed by atoms with Gasteiger partial charge >= 0.3 is 0 Å². The SMILES string of the molecule is OCc1ccc(OCC2Cc3ccccc32)c(Br)c1. The van der Waals surface area contributed by atoms with Crippen LogP contribution in [0.25, 0.3) is 0 Å². The molecular weight excluding hydrogens is 304 g/mol. The molecule has 1 aliphatic rings. The average Bonchev–Trinajstić information content (AvgIpc) is 2.41. The third-order valence-electron chi connectivity index (χ3n) is 3.58. The topological polar surface area (TPSA) is 29.5 Å². The molecule has 0 bridgehead atoms. The lowest BCUT2D eigenvalue weighted by Crippen LogP contribution is -2.23. The van der Waals surface area contributed by atoms with Crippen LogP contribution in [0, 0.1) is 0 Å². The maximum atomic E-state index is 9.07. The van der Waals surface area contributed by atoms with Gasteiger partial charge in [-0.3, -0.25) is 0 Å². The van der Waals surface area contributed by atoms with Gasteiger partial charge in [-0.2, -0.15) is 0 Å². The summed E-state index contributed by atoms with van der Waals surface area (Å²) < 4.78 is 6.76. The Balaban J connectivity index is 1.65. The Hall–Kier alpha value is -1.32. The summed E-state index contributed by atoms with van der Waals surface area (Å²) in [6, 6.07) is 14.2. The Kier molecular flexibility index (Phi) is 3.58. The predicted octanol–water partition coefficient (Wildman–Crippen LogP) is 3.66. The number of hydrogen-bond donors (Lipinski definition) is 1. The highest BCUT2D eigenvalue weighted by Gasteiger charge is 2.25. The molecule has 2 aromatic rings. The number of aliphatic hydroxyl groups excluding tert-OH is 1. The van der Waals surface area contributed by atoms with Crippen molar-refractivity contribution in [3.8, 4) is 5.75 Å². The molecule has 3 rings (SSSR count). The van der Waals surface area contributed by atoms with E-state index in [0.717, 1.165) is 22.2 Å². The minimum absolute atomic E-state index is 0.0505. The van der Waals surface area contributed by atoms with Crippen molar-refractivity contribution in [1.29, 1.82) is 0 Å². The first-order valence-electron chi connectivity index (χ1n) is 6.38. The Bertz CT molecular complexity index is 595. The highest BCUT2D eigenvalue weighted by Crippen LogP contribution is 2.36. The molecule has 0 aromatic heterocycles. The van der Waals surface area contributed by atoms with Crippen molar-refractivity contribution in [3.63, 3.8) is 0 Å². The fourth-order valence-corrected chi connectivity index (χ4v) is 3.00. The lowest BCUT2D eigenvalue weighted by Gasteiger charge is -2.30. The minimum atomic E-state index is 0.0505. The standard InChI is InChI=1S/C16H15BrO2/c17-15-7-11(9-18)5-6-16(15)19-10-13-8-12-3-1-2-4-14(12)13/h1-7,13,18H,8-10H2. The summed E-state index contributed by atoms with van der Waals surface area (Å²) in [7, 11) is 0. The molecule has 0 saturated carbocycles. The first-order valence-corrected chi connectivity index (χ1v) is 7.17. The zero-order valence-corrected chi connectivity index (χ0v) is 12.1. The highest BCUT2D eigenvalue weighted by molar-refractivity contribution is 9.10. The van der Waals surface area contributed by atoms with Gasteiger partial charge in [0.25, 0.3) is 0 Å². The molecule has 2 aromatic carbocycles. The molecule has 19 heavy (non-hydrogen) atoms. The van der Waals surface area contributed by atoms with Crippen LogP contribution in [0.2, 0.25) is 0 Å². The van der Waals surface area contributed by atoms with E-state index in [1.165, 1.54) is 11.1 Å². The molecule has 2 nitrogen and oxygen atoms in total. The molecule has 0 fully saturated rings. The maximum absolute atomic E-state index is 9.07. The molecule has 98 valence electrons. The van der Waals surface area contributed by atoms with Crippen LogP contribution in [0.15, 0.2) is 46.9 Å². The number of halogens is 1. The van der Waals surface area contributed by atoms with Gasteiger partial charge < -0.3 is 9.84 Å². The number of ether oxygens (including phenoxy) is 1. The zero-order valence-electron chi connectivity index (χ0n) is 10.5. The number of rotatable bonds is 4. The summed E-state index contributed by atoms with van der Waals surface area (Å²) in [4.78, 5) is 0. The van der Waals surface area contributed by atoms with Crippen LogP contribution in [0.4, 0.5) is 0 Å². The molecule has 1 aliphatic carbocycles. The van der Waals surface area contributed by atoms with Gasteiger partial charge in [0.05, 0.1) is 17.7 Å². The summed E-state index contributed by atoms with van der Waals surface area (Å²) in [5.41, 5.74) is 3.73. The van der Waals surface area contributed by atoms with Gasteiger partial charge in [0.2, 0.25) is 0 Å². The molecule has 0 radical (unpaired) electrons. The third-order valence-corrected chi connectivity index (χ3v) is 4.20. The van der Waals surface area contributed by atoms with Crippen LogP contribution in [0.1, 0.15) is 22.6 Å². The van der Waals surface area contributed by atoms with E-state index in [2.05, 4.69) is 40.2 Å². The number of benzene rings is 2. The maximum Gasteiger partial charge on any atom is 0.133 e. The fourth-order valence-electron chi connectivity index (χ4n) is 2.46. The Morgan fingerprint density at radius 2 is 2.05 bits per heavy atom. The summed E-state index contributed by atoms with van der Waals surface area (Å²) in [6.45, 7) is 0.753. The number of fused-ring (bicyclic) bond motifs is 1. The minimum Gasteiger partial charge on any atom is -0.492 e. The summed E-state index contributed by atoms with van der Waals surface area (Å²) in [6.07, 6.45) is 1.10. The third kappa shape index (κ3) is 2.53. The van der Waals surface area contributed by atoms with Crippen molar-refractivity contribution >= 4 is 15.9 Å². The Labute approximate surface area is 121 Å². The van der Waals surface area contributed by atoms with E-state index >= 15 is 0 Å². The van der Waals surface area contributed by atoms with Crippen LogP contribution < -0.4 is 4.74 Å². The lowest BCUT2D eigenvalue weighted by molar-refractivity contribution is 0.271. The molecule has 3 heteroatoms. The normalized spacial score (nSPS) is 16.6. The molecule has 0 amide bonds. The van der Waals surface area contributed by atoms with Crippen LogP contribution >= 0.6 is 15.9 Å². The number of aliphatic hydroxyl groups is 1. The summed E-state index contributed by atoms with van der Waals surface area (Å²) in [5.74, 6) is 1.34. The van der Waals surface area contributed by atoms with Crippen molar-refractivity contribution in [3.05, 3.63) is 63.6 Å². The van der Waals surface area contributed by atoms with Crippen LogP contribution in [-0.4, -0.2) is 11.7 Å². The molecule has 0 saturated heterocycles. The Morgan fingerprint density at radius 1 is 1.21 bits per heavy atom. The molecule has 0 spiro atoms. The molecule has 0 heterocycles. The highest BCUT2D eigenvalue weighted by atomic mass is 79.9. The number of hydrogen-bond acceptors (Lipinski definition) is 2. The van der Waals surface area contributed by atoms with Gasteiger partial charge in [-0.05, 0) is 51.2 Å². The van der Waals surface area contributed by atoms with Crippen LogP contribution in [0.5, 0.6) is 5.75 Å². The van der Waals surface area contributed by atoms with Gasteiger partial charge in [0, 0.05) is 5.92 Å². The summed E-state index contributed by atoms with van der Waals surface area (Å²) >= 11 is 3.47. The lowest BCUT2D eigenvalue weighted by atomic mass is 9.78. The van der Waals surface area contributed by atoms with E-state index in [1.807, 2.05) is 18.2 Å². The zero-order chi connectivity index (χ0) is 13.2. The monoisotopic (exact) mass is 318 g/mol.